The van der Waals surface area contributed by atoms with Crippen LogP contribution in [0, 0.1) is 0 Å². The van der Waals surface area contributed by atoms with E-state index in [0.717, 1.165) is 58.0 Å². The molecule has 166 valence electrons. The first-order chi connectivity index (χ1) is 15.6. The van der Waals surface area contributed by atoms with Gasteiger partial charge in [-0.2, -0.15) is 11.8 Å². The summed E-state index contributed by atoms with van der Waals surface area (Å²) in [4.78, 5) is 26.2. The van der Waals surface area contributed by atoms with Crippen LogP contribution in [-0.2, 0) is 14.3 Å². The normalized spacial score (nSPS) is 18.3. The van der Waals surface area contributed by atoms with Crippen LogP contribution in [0.5, 0.6) is 0 Å². The molecular formula is C27H29NO3S. The maximum absolute atomic E-state index is 13.2. The van der Waals surface area contributed by atoms with Crippen LogP contribution in [-0.4, -0.2) is 29.9 Å². The Morgan fingerprint density at radius 1 is 1.06 bits per heavy atom. The summed E-state index contributed by atoms with van der Waals surface area (Å²) in [6.45, 7) is 4.36. The van der Waals surface area contributed by atoms with Crippen molar-refractivity contribution in [1.29, 1.82) is 0 Å². The van der Waals surface area contributed by atoms with Gasteiger partial charge in [0.2, 0.25) is 0 Å². The molecule has 4 rings (SSSR count). The Morgan fingerprint density at radius 3 is 2.50 bits per heavy atom. The zero-order valence-electron chi connectivity index (χ0n) is 18.6. The topological polar surface area (TPSA) is 55.4 Å². The molecule has 0 spiro atoms. The fraction of sp³-hybridized carbons (Fsp3) is 0.333. The Bertz CT molecular complexity index is 1050. The average molecular weight is 448 g/mol. The number of benzene rings is 2. The van der Waals surface area contributed by atoms with Gasteiger partial charge in [-0.25, -0.2) is 4.79 Å². The van der Waals surface area contributed by atoms with Gasteiger partial charge in [0.05, 0.1) is 5.57 Å². The van der Waals surface area contributed by atoms with Crippen molar-refractivity contribution < 1.29 is 14.3 Å². The molecule has 0 saturated carbocycles. The van der Waals surface area contributed by atoms with Gasteiger partial charge in [-0.15, -0.1) is 0 Å². The van der Waals surface area contributed by atoms with E-state index in [9.17, 15) is 9.59 Å². The number of thioether (sulfide) groups is 1. The molecule has 1 heterocycles. The highest BCUT2D eigenvalue weighted by molar-refractivity contribution is 7.99. The summed E-state index contributed by atoms with van der Waals surface area (Å²) >= 11 is 1.74. The monoisotopic (exact) mass is 447 g/mol. The maximum Gasteiger partial charge on any atom is 0.336 e. The predicted octanol–water partition coefficient (Wildman–Crippen LogP) is 5.62. The minimum Gasteiger partial charge on any atom is -0.461 e. The minimum absolute atomic E-state index is 0.121. The van der Waals surface area contributed by atoms with Crippen molar-refractivity contribution in [2.75, 3.05) is 18.1 Å². The summed E-state index contributed by atoms with van der Waals surface area (Å²) in [6, 6.07) is 18.4. The molecule has 5 heteroatoms. The fourth-order valence-corrected chi connectivity index (χ4v) is 4.99. The van der Waals surface area contributed by atoms with Gasteiger partial charge in [0, 0.05) is 35.1 Å². The number of ether oxygens (including phenoxy) is 1. The molecule has 2 aromatic carbocycles. The Labute approximate surface area is 194 Å². The number of nitrogens with one attached hydrogen (secondary N) is 1. The van der Waals surface area contributed by atoms with Gasteiger partial charge in [0.25, 0.3) is 0 Å². The maximum atomic E-state index is 13.2. The number of allylic oxidation sites excluding steroid dienone is 3. The van der Waals surface area contributed by atoms with Gasteiger partial charge in [0.15, 0.2) is 5.78 Å². The Kier molecular flexibility index (Phi) is 7.15. The molecule has 1 N–H and O–H groups in total. The number of esters is 1. The van der Waals surface area contributed by atoms with E-state index in [1.807, 2.05) is 37.3 Å². The van der Waals surface area contributed by atoms with Crippen LogP contribution in [0.4, 0.5) is 0 Å². The molecule has 2 aliphatic rings. The lowest BCUT2D eigenvalue weighted by atomic mass is 9.75. The molecule has 1 unspecified atom stereocenters. The Hall–Kier alpha value is -2.79. The predicted molar refractivity (Wildman–Crippen MR) is 130 cm³/mol. The van der Waals surface area contributed by atoms with Crippen LogP contribution >= 0.6 is 11.8 Å². The summed E-state index contributed by atoms with van der Waals surface area (Å²) in [5.41, 5.74) is 6.20. The Morgan fingerprint density at radius 2 is 1.78 bits per heavy atom. The number of carbonyl (C=O) groups is 2. The third kappa shape index (κ3) is 4.68. The van der Waals surface area contributed by atoms with Crippen LogP contribution in [0.15, 0.2) is 77.1 Å². The molecule has 0 aromatic heterocycles. The third-order valence-corrected chi connectivity index (χ3v) is 6.88. The molecule has 0 fully saturated rings. The Balaban J connectivity index is 1.70. The number of ketones is 1. The zero-order chi connectivity index (χ0) is 22.5. The van der Waals surface area contributed by atoms with Crippen LogP contribution in [0.3, 0.4) is 0 Å². The fourth-order valence-electron chi connectivity index (χ4n) is 4.50. The number of hydrogen-bond donors (Lipinski definition) is 1. The summed E-state index contributed by atoms with van der Waals surface area (Å²) in [7, 11) is 0. The molecule has 1 aliphatic heterocycles. The highest BCUT2D eigenvalue weighted by Crippen LogP contribution is 2.42. The third-order valence-electron chi connectivity index (χ3n) is 6.01. The highest BCUT2D eigenvalue weighted by atomic mass is 32.2. The summed E-state index contributed by atoms with van der Waals surface area (Å²) in [5.74, 6) is 1.15. The van der Waals surface area contributed by atoms with Crippen molar-refractivity contribution in [2.24, 2.45) is 0 Å². The standard InChI is InChI=1S/C27H29NO3S/c1-3-32-17-16-31-27(30)24-18(2)28-22-10-7-11-23(29)26(22)25(24)21-14-12-20(13-15-21)19-8-5-4-6-9-19/h4-6,8-9,12-15,25,28H,3,7,10-11,16-17H2,1-2H3. The van der Waals surface area contributed by atoms with Crippen molar-refractivity contribution in [1.82, 2.24) is 5.32 Å². The van der Waals surface area contributed by atoms with Gasteiger partial charge in [0.1, 0.15) is 6.61 Å². The van der Waals surface area contributed by atoms with Crippen LogP contribution in [0.2, 0.25) is 0 Å². The van der Waals surface area contributed by atoms with E-state index >= 15 is 0 Å². The number of rotatable bonds is 7. The van der Waals surface area contributed by atoms with Gasteiger partial charge in [-0.3, -0.25) is 4.79 Å². The quantitative estimate of drug-likeness (QED) is 0.441. The first-order valence-corrected chi connectivity index (χ1v) is 12.4. The second kappa shape index (κ2) is 10.2. The van der Waals surface area contributed by atoms with Crippen molar-refractivity contribution in [3.8, 4) is 11.1 Å². The van der Waals surface area contributed by atoms with Gasteiger partial charge >= 0.3 is 5.97 Å². The van der Waals surface area contributed by atoms with Crippen molar-refractivity contribution in [2.45, 2.75) is 39.0 Å². The van der Waals surface area contributed by atoms with E-state index < -0.39 is 5.92 Å². The number of dihydropyridines is 1. The highest BCUT2D eigenvalue weighted by Gasteiger charge is 2.39. The number of hydrogen-bond acceptors (Lipinski definition) is 5. The van der Waals surface area contributed by atoms with E-state index in [4.69, 9.17) is 4.74 Å². The second-order valence-corrected chi connectivity index (χ2v) is 9.48. The molecule has 0 amide bonds. The van der Waals surface area contributed by atoms with E-state index in [0.29, 0.717) is 18.6 Å². The minimum atomic E-state index is -0.393. The largest absolute Gasteiger partial charge is 0.461 e. The van der Waals surface area contributed by atoms with Crippen LogP contribution < -0.4 is 5.32 Å². The van der Waals surface area contributed by atoms with E-state index in [1.165, 1.54) is 0 Å². The number of carbonyl (C=O) groups excluding carboxylic acids is 2. The smallest absolute Gasteiger partial charge is 0.336 e. The van der Waals surface area contributed by atoms with E-state index in [2.05, 4.69) is 36.5 Å². The van der Waals surface area contributed by atoms with Crippen molar-refractivity contribution in [3.05, 3.63) is 82.7 Å². The molecule has 1 aliphatic carbocycles. The van der Waals surface area contributed by atoms with Crippen LogP contribution in [0.1, 0.15) is 44.6 Å². The summed E-state index contributed by atoms with van der Waals surface area (Å²) in [5, 5.41) is 3.35. The first kappa shape index (κ1) is 22.4. The molecule has 0 bridgehead atoms. The lowest BCUT2D eigenvalue weighted by Gasteiger charge is -2.34. The van der Waals surface area contributed by atoms with E-state index in [1.54, 1.807) is 11.8 Å². The van der Waals surface area contributed by atoms with Crippen LogP contribution in [0.25, 0.3) is 11.1 Å². The van der Waals surface area contributed by atoms with Gasteiger partial charge in [-0.1, -0.05) is 61.5 Å². The zero-order valence-corrected chi connectivity index (χ0v) is 19.5. The molecule has 2 aromatic rings. The summed E-state index contributed by atoms with van der Waals surface area (Å²) < 4.78 is 5.62. The van der Waals surface area contributed by atoms with Crippen molar-refractivity contribution >= 4 is 23.5 Å². The van der Waals surface area contributed by atoms with E-state index in [-0.39, 0.29) is 11.8 Å². The lowest BCUT2D eigenvalue weighted by molar-refractivity contribution is -0.138. The molecular weight excluding hydrogens is 418 g/mol. The second-order valence-electron chi connectivity index (χ2n) is 8.09. The summed E-state index contributed by atoms with van der Waals surface area (Å²) in [6.07, 6.45) is 2.19. The molecule has 1 atom stereocenters. The molecule has 0 saturated heterocycles. The SMILES string of the molecule is CCSCCOC(=O)C1=C(C)NC2=C(C(=O)CCC2)C1c1ccc(-c2ccccc2)cc1. The van der Waals surface area contributed by atoms with Gasteiger partial charge < -0.3 is 10.1 Å². The lowest BCUT2D eigenvalue weighted by Crippen LogP contribution is -2.34. The molecule has 32 heavy (non-hydrogen) atoms. The van der Waals surface area contributed by atoms with Crippen molar-refractivity contribution in [3.63, 3.8) is 0 Å². The molecule has 0 radical (unpaired) electrons. The first-order valence-electron chi connectivity index (χ1n) is 11.2. The average Bonchev–Trinajstić information content (AvgIpc) is 2.82. The number of Topliss-reactive ketones (excluding diaryl/α,β-unsaturated/α-hetero) is 1. The van der Waals surface area contributed by atoms with Gasteiger partial charge in [-0.05, 0) is 42.2 Å². The molecule has 4 nitrogen and oxygen atoms in total.